The molecule has 1 heterocycles. The SMILES string of the molecule is C#CCNCC(=O)NC(C)c1ccc2c(c1)OCCO2. The topological polar surface area (TPSA) is 59.6 Å². The van der Waals surface area contributed by atoms with Gasteiger partial charge < -0.3 is 14.8 Å². The molecule has 0 saturated heterocycles. The van der Waals surface area contributed by atoms with Crippen LogP contribution in [-0.2, 0) is 4.79 Å². The average molecular weight is 274 g/mol. The molecule has 2 rings (SSSR count). The van der Waals surface area contributed by atoms with Gasteiger partial charge in [-0.25, -0.2) is 0 Å². The molecule has 1 atom stereocenters. The van der Waals surface area contributed by atoms with Crippen LogP contribution in [0.4, 0.5) is 0 Å². The van der Waals surface area contributed by atoms with Gasteiger partial charge in [0.1, 0.15) is 13.2 Å². The van der Waals surface area contributed by atoms with Gasteiger partial charge in [-0.2, -0.15) is 0 Å². The molecular weight excluding hydrogens is 256 g/mol. The molecule has 0 saturated carbocycles. The van der Waals surface area contributed by atoms with Crippen molar-refractivity contribution in [3.8, 4) is 23.8 Å². The van der Waals surface area contributed by atoms with Gasteiger partial charge in [-0.15, -0.1) is 6.42 Å². The van der Waals surface area contributed by atoms with Crippen molar-refractivity contribution in [1.82, 2.24) is 10.6 Å². The largest absolute Gasteiger partial charge is 0.486 e. The number of fused-ring (bicyclic) bond motifs is 1. The summed E-state index contributed by atoms with van der Waals surface area (Å²) in [7, 11) is 0. The fourth-order valence-electron chi connectivity index (χ4n) is 1.95. The Bertz CT molecular complexity index is 522. The summed E-state index contributed by atoms with van der Waals surface area (Å²) in [6.07, 6.45) is 5.10. The first-order valence-electron chi connectivity index (χ1n) is 6.54. The predicted octanol–water partition coefficient (Wildman–Crippen LogP) is 0.858. The summed E-state index contributed by atoms with van der Waals surface area (Å²) in [5.74, 6) is 3.79. The number of rotatable bonds is 5. The van der Waals surface area contributed by atoms with Gasteiger partial charge in [0.25, 0.3) is 0 Å². The summed E-state index contributed by atoms with van der Waals surface area (Å²) in [6, 6.07) is 5.58. The van der Waals surface area contributed by atoms with E-state index in [0.29, 0.717) is 19.8 Å². The Labute approximate surface area is 118 Å². The Kier molecular flexibility index (Phi) is 4.85. The van der Waals surface area contributed by atoms with E-state index >= 15 is 0 Å². The van der Waals surface area contributed by atoms with Gasteiger partial charge in [0, 0.05) is 0 Å². The Hall–Kier alpha value is -2.19. The van der Waals surface area contributed by atoms with Crippen LogP contribution in [0.25, 0.3) is 0 Å². The average Bonchev–Trinajstić information content (AvgIpc) is 2.47. The highest BCUT2D eigenvalue weighted by molar-refractivity contribution is 5.78. The van der Waals surface area contributed by atoms with Gasteiger partial charge in [0.2, 0.25) is 5.91 Å². The van der Waals surface area contributed by atoms with Crippen LogP contribution >= 0.6 is 0 Å². The van der Waals surface area contributed by atoms with Crippen molar-refractivity contribution >= 4 is 5.91 Å². The van der Waals surface area contributed by atoms with Gasteiger partial charge in [-0.05, 0) is 24.6 Å². The lowest BCUT2D eigenvalue weighted by atomic mass is 10.1. The third-order valence-corrected chi connectivity index (χ3v) is 2.96. The van der Waals surface area contributed by atoms with Crippen molar-refractivity contribution in [2.75, 3.05) is 26.3 Å². The predicted molar refractivity (Wildman–Crippen MR) is 75.7 cm³/mol. The van der Waals surface area contributed by atoms with Gasteiger partial charge in [-0.3, -0.25) is 10.1 Å². The summed E-state index contributed by atoms with van der Waals surface area (Å²) in [6.45, 7) is 3.63. The van der Waals surface area contributed by atoms with E-state index in [1.165, 1.54) is 0 Å². The zero-order valence-corrected chi connectivity index (χ0v) is 11.4. The molecule has 0 spiro atoms. The minimum Gasteiger partial charge on any atom is -0.486 e. The Balaban J connectivity index is 1.93. The molecule has 0 radical (unpaired) electrons. The monoisotopic (exact) mass is 274 g/mol. The number of hydrogen-bond donors (Lipinski definition) is 2. The lowest BCUT2D eigenvalue weighted by Gasteiger charge is -2.21. The molecule has 1 aromatic carbocycles. The van der Waals surface area contributed by atoms with Crippen molar-refractivity contribution in [1.29, 1.82) is 0 Å². The summed E-state index contributed by atoms with van der Waals surface area (Å²) in [5, 5.41) is 5.74. The molecule has 0 bridgehead atoms. The maximum atomic E-state index is 11.7. The van der Waals surface area contributed by atoms with Gasteiger partial charge >= 0.3 is 0 Å². The minimum atomic E-state index is -0.106. The van der Waals surface area contributed by atoms with E-state index in [1.54, 1.807) is 0 Å². The van der Waals surface area contributed by atoms with Crippen molar-refractivity contribution in [2.45, 2.75) is 13.0 Å². The number of carbonyl (C=O) groups excluding carboxylic acids is 1. The lowest BCUT2D eigenvalue weighted by Crippen LogP contribution is -2.35. The molecule has 0 aromatic heterocycles. The van der Waals surface area contributed by atoms with Crippen LogP contribution in [0, 0.1) is 12.3 Å². The van der Waals surface area contributed by atoms with Crippen molar-refractivity contribution < 1.29 is 14.3 Å². The molecule has 1 aliphatic rings. The number of amides is 1. The molecule has 1 amide bonds. The maximum Gasteiger partial charge on any atom is 0.234 e. The van der Waals surface area contributed by atoms with Crippen molar-refractivity contribution in [3.63, 3.8) is 0 Å². The van der Waals surface area contributed by atoms with Crippen LogP contribution in [0.15, 0.2) is 18.2 Å². The van der Waals surface area contributed by atoms with Gasteiger partial charge in [0.05, 0.1) is 19.1 Å². The first kappa shape index (κ1) is 14.2. The molecule has 5 nitrogen and oxygen atoms in total. The number of nitrogens with one attached hydrogen (secondary N) is 2. The molecule has 0 aliphatic carbocycles. The number of terminal acetylenes is 1. The lowest BCUT2D eigenvalue weighted by molar-refractivity contribution is -0.120. The fourth-order valence-corrected chi connectivity index (χ4v) is 1.95. The molecule has 20 heavy (non-hydrogen) atoms. The number of benzene rings is 1. The molecule has 106 valence electrons. The van der Waals surface area contributed by atoms with Crippen LogP contribution in [0.1, 0.15) is 18.5 Å². The van der Waals surface area contributed by atoms with Crippen LogP contribution < -0.4 is 20.1 Å². The number of hydrogen-bond acceptors (Lipinski definition) is 4. The molecule has 1 aliphatic heterocycles. The zero-order chi connectivity index (χ0) is 14.4. The minimum absolute atomic E-state index is 0.0948. The highest BCUT2D eigenvalue weighted by atomic mass is 16.6. The Morgan fingerprint density at radius 1 is 1.40 bits per heavy atom. The first-order valence-corrected chi connectivity index (χ1v) is 6.54. The second kappa shape index (κ2) is 6.83. The van der Waals surface area contributed by atoms with Crippen LogP contribution in [0.2, 0.25) is 0 Å². The van der Waals surface area contributed by atoms with Crippen LogP contribution in [-0.4, -0.2) is 32.2 Å². The quantitative estimate of drug-likeness (QED) is 0.617. The van der Waals surface area contributed by atoms with E-state index in [1.807, 2.05) is 25.1 Å². The molecule has 5 heteroatoms. The van der Waals surface area contributed by atoms with Gasteiger partial charge in [-0.1, -0.05) is 12.0 Å². The van der Waals surface area contributed by atoms with E-state index < -0.39 is 0 Å². The third kappa shape index (κ3) is 3.65. The Morgan fingerprint density at radius 2 is 2.15 bits per heavy atom. The second-order valence-electron chi connectivity index (χ2n) is 4.50. The smallest absolute Gasteiger partial charge is 0.234 e. The zero-order valence-electron chi connectivity index (χ0n) is 11.4. The molecule has 0 fully saturated rings. The summed E-state index contributed by atoms with van der Waals surface area (Å²) < 4.78 is 11.0. The van der Waals surface area contributed by atoms with Crippen LogP contribution in [0.5, 0.6) is 11.5 Å². The first-order chi connectivity index (χ1) is 9.70. The highest BCUT2D eigenvalue weighted by Gasteiger charge is 2.15. The summed E-state index contributed by atoms with van der Waals surface area (Å²) in [4.78, 5) is 11.7. The van der Waals surface area contributed by atoms with Gasteiger partial charge in [0.15, 0.2) is 11.5 Å². The van der Waals surface area contributed by atoms with E-state index in [2.05, 4.69) is 16.6 Å². The third-order valence-electron chi connectivity index (χ3n) is 2.96. The van der Waals surface area contributed by atoms with Crippen molar-refractivity contribution in [3.05, 3.63) is 23.8 Å². The highest BCUT2D eigenvalue weighted by Crippen LogP contribution is 2.32. The summed E-state index contributed by atoms with van der Waals surface area (Å²) in [5.41, 5.74) is 0.972. The van der Waals surface area contributed by atoms with Crippen LogP contribution in [0.3, 0.4) is 0 Å². The van der Waals surface area contributed by atoms with Crippen molar-refractivity contribution in [2.24, 2.45) is 0 Å². The van der Waals surface area contributed by atoms with E-state index in [-0.39, 0.29) is 18.5 Å². The second-order valence-corrected chi connectivity index (χ2v) is 4.50. The van der Waals surface area contributed by atoms with E-state index in [0.717, 1.165) is 17.1 Å². The maximum absolute atomic E-state index is 11.7. The Morgan fingerprint density at radius 3 is 2.90 bits per heavy atom. The molecule has 2 N–H and O–H groups in total. The summed E-state index contributed by atoms with van der Waals surface area (Å²) >= 11 is 0. The molecule has 1 aromatic rings. The fraction of sp³-hybridized carbons (Fsp3) is 0.400. The normalized spacial score (nSPS) is 14.2. The van der Waals surface area contributed by atoms with E-state index in [9.17, 15) is 4.79 Å². The standard InChI is InChI=1S/C15H18N2O3/c1-3-6-16-10-15(18)17-11(2)12-4-5-13-14(9-12)20-8-7-19-13/h1,4-5,9,11,16H,6-8,10H2,2H3,(H,17,18). The number of carbonyl (C=O) groups is 1. The molecular formula is C15H18N2O3. The number of ether oxygens (including phenoxy) is 2. The van der Waals surface area contributed by atoms with E-state index in [4.69, 9.17) is 15.9 Å². The molecule has 1 unspecified atom stereocenters.